The number of aromatic nitrogens is 1. The van der Waals surface area contributed by atoms with Crippen molar-refractivity contribution in [2.45, 2.75) is 19.9 Å². The monoisotopic (exact) mass is 198 g/mol. The fourth-order valence-electron chi connectivity index (χ4n) is 0.973. The van der Waals surface area contributed by atoms with Crippen molar-refractivity contribution in [2.24, 2.45) is 5.73 Å². The van der Waals surface area contributed by atoms with Gasteiger partial charge in [0.2, 0.25) is 0 Å². The molecule has 1 aromatic heterocycles. The molecule has 0 spiro atoms. The summed E-state index contributed by atoms with van der Waals surface area (Å²) in [6.45, 7) is 2.09. The van der Waals surface area contributed by atoms with E-state index in [-0.39, 0.29) is 5.78 Å². The van der Waals surface area contributed by atoms with Gasteiger partial charge in [-0.3, -0.25) is 9.78 Å². The normalized spacial score (nSPS) is 10.1. The van der Waals surface area contributed by atoms with Crippen molar-refractivity contribution in [2.75, 3.05) is 0 Å². The first-order valence-electron chi connectivity index (χ1n) is 4.06. The second-order valence-electron chi connectivity index (χ2n) is 2.63. The van der Waals surface area contributed by atoms with E-state index in [1.165, 1.54) is 6.20 Å². The molecule has 3 nitrogen and oxygen atoms in total. The summed E-state index contributed by atoms with van der Waals surface area (Å²) >= 11 is 5.84. The van der Waals surface area contributed by atoms with Crippen LogP contribution in [0.2, 0.25) is 5.02 Å². The Kier molecular flexibility index (Phi) is 3.39. The van der Waals surface area contributed by atoms with Gasteiger partial charge < -0.3 is 5.73 Å². The number of halogens is 1. The van der Waals surface area contributed by atoms with Gasteiger partial charge in [0.05, 0.1) is 10.7 Å². The Morgan fingerprint density at radius 2 is 2.38 bits per heavy atom. The van der Waals surface area contributed by atoms with Gasteiger partial charge in [0, 0.05) is 24.7 Å². The number of hydrogen-bond donors (Lipinski definition) is 1. The largest absolute Gasteiger partial charge is 0.325 e. The van der Waals surface area contributed by atoms with Crippen LogP contribution in [0.1, 0.15) is 29.4 Å². The van der Waals surface area contributed by atoms with Gasteiger partial charge in [0.15, 0.2) is 5.78 Å². The van der Waals surface area contributed by atoms with Crippen LogP contribution in [0.3, 0.4) is 0 Å². The zero-order valence-electron chi connectivity index (χ0n) is 7.38. The van der Waals surface area contributed by atoms with Gasteiger partial charge in [-0.05, 0) is 6.07 Å². The minimum Gasteiger partial charge on any atom is -0.325 e. The number of hydrogen-bond acceptors (Lipinski definition) is 3. The van der Waals surface area contributed by atoms with Gasteiger partial charge in [0.25, 0.3) is 0 Å². The van der Waals surface area contributed by atoms with Crippen LogP contribution in [0.25, 0.3) is 0 Å². The molecule has 0 saturated carbocycles. The number of carbonyl (C=O) groups is 1. The Balaban J connectivity index is 3.02. The van der Waals surface area contributed by atoms with Crippen LogP contribution in [0, 0.1) is 0 Å². The van der Waals surface area contributed by atoms with E-state index >= 15 is 0 Å². The molecular weight excluding hydrogens is 188 g/mol. The lowest BCUT2D eigenvalue weighted by molar-refractivity contribution is 0.0988. The number of Topliss-reactive ketones (excluding diaryl/α,β-unsaturated/α-hetero) is 1. The Bertz CT molecular complexity index is 325. The summed E-state index contributed by atoms with van der Waals surface area (Å²) in [6, 6.07) is 1.61. The highest BCUT2D eigenvalue weighted by Gasteiger charge is 2.06. The van der Waals surface area contributed by atoms with Gasteiger partial charge in [0.1, 0.15) is 0 Å². The van der Waals surface area contributed by atoms with Crippen molar-refractivity contribution < 1.29 is 4.79 Å². The van der Waals surface area contributed by atoms with Gasteiger partial charge in [-0.25, -0.2) is 0 Å². The number of rotatable bonds is 3. The molecule has 0 unspecified atom stereocenters. The molecule has 13 heavy (non-hydrogen) atoms. The molecule has 0 amide bonds. The lowest BCUT2D eigenvalue weighted by Crippen LogP contribution is -2.03. The molecule has 0 saturated heterocycles. The number of nitrogens with zero attached hydrogens (tertiary/aromatic N) is 1. The Morgan fingerprint density at radius 1 is 1.69 bits per heavy atom. The Morgan fingerprint density at radius 3 is 2.85 bits per heavy atom. The molecular formula is C9H11ClN2O. The van der Waals surface area contributed by atoms with E-state index in [1.54, 1.807) is 13.0 Å². The van der Waals surface area contributed by atoms with Crippen molar-refractivity contribution in [3.05, 3.63) is 28.5 Å². The van der Waals surface area contributed by atoms with Crippen molar-refractivity contribution in [3.8, 4) is 0 Å². The van der Waals surface area contributed by atoms with Crippen molar-refractivity contribution in [1.82, 2.24) is 4.98 Å². The second-order valence-corrected chi connectivity index (χ2v) is 3.04. The summed E-state index contributed by atoms with van der Waals surface area (Å²) in [5, 5.41) is 0.460. The van der Waals surface area contributed by atoms with E-state index < -0.39 is 0 Å². The highest BCUT2D eigenvalue weighted by molar-refractivity contribution is 6.31. The first kappa shape index (κ1) is 10.2. The molecule has 0 aliphatic heterocycles. The summed E-state index contributed by atoms with van der Waals surface area (Å²) in [7, 11) is 0. The fourth-order valence-corrected chi connectivity index (χ4v) is 1.22. The molecule has 0 atom stereocenters. The summed E-state index contributed by atoms with van der Waals surface area (Å²) < 4.78 is 0. The van der Waals surface area contributed by atoms with Crippen LogP contribution in [0.4, 0.5) is 0 Å². The second kappa shape index (κ2) is 4.35. The maximum atomic E-state index is 11.2. The summed E-state index contributed by atoms with van der Waals surface area (Å²) in [4.78, 5) is 15.2. The van der Waals surface area contributed by atoms with Crippen molar-refractivity contribution in [1.29, 1.82) is 0 Å². The quantitative estimate of drug-likeness (QED) is 0.754. The van der Waals surface area contributed by atoms with Gasteiger partial charge in [-0.1, -0.05) is 18.5 Å². The van der Waals surface area contributed by atoms with Gasteiger partial charge in [-0.15, -0.1) is 0 Å². The molecule has 0 bridgehead atoms. The molecule has 0 aliphatic carbocycles. The average Bonchev–Trinajstić information content (AvgIpc) is 2.16. The molecule has 0 radical (unpaired) electrons. The topological polar surface area (TPSA) is 56.0 Å². The van der Waals surface area contributed by atoms with E-state index in [4.69, 9.17) is 17.3 Å². The molecule has 1 rings (SSSR count). The van der Waals surface area contributed by atoms with E-state index in [0.29, 0.717) is 29.2 Å². The smallest absolute Gasteiger partial charge is 0.164 e. The lowest BCUT2D eigenvalue weighted by atomic mass is 10.1. The third-order valence-electron chi connectivity index (χ3n) is 1.75. The van der Waals surface area contributed by atoms with Crippen LogP contribution in [-0.2, 0) is 6.54 Å². The predicted molar refractivity (Wildman–Crippen MR) is 51.8 cm³/mol. The zero-order valence-corrected chi connectivity index (χ0v) is 8.14. The van der Waals surface area contributed by atoms with Crippen molar-refractivity contribution >= 4 is 17.4 Å². The number of pyridine rings is 1. The maximum absolute atomic E-state index is 11.2. The molecule has 1 heterocycles. The SMILES string of the molecule is CCC(=O)c1cnc(CN)c(Cl)c1. The lowest BCUT2D eigenvalue weighted by Gasteiger charge is -2.02. The number of ketones is 1. The molecule has 4 heteroatoms. The Hall–Kier alpha value is -0.930. The summed E-state index contributed by atoms with van der Waals surface area (Å²) in [6.07, 6.45) is 1.97. The standard InChI is InChI=1S/C9H11ClN2O/c1-2-9(13)6-3-7(10)8(4-11)12-5-6/h3,5H,2,4,11H2,1H3. The molecule has 0 aliphatic rings. The van der Waals surface area contributed by atoms with Gasteiger partial charge in [-0.2, -0.15) is 0 Å². The van der Waals surface area contributed by atoms with Crippen LogP contribution in [-0.4, -0.2) is 10.8 Å². The first-order valence-corrected chi connectivity index (χ1v) is 4.44. The minimum atomic E-state index is 0.0398. The molecule has 0 aromatic carbocycles. The fraction of sp³-hybridized carbons (Fsp3) is 0.333. The van der Waals surface area contributed by atoms with E-state index in [2.05, 4.69) is 4.98 Å². The summed E-state index contributed by atoms with van der Waals surface area (Å²) in [5.74, 6) is 0.0398. The van der Waals surface area contributed by atoms with Crippen LogP contribution in [0.15, 0.2) is 12.3 Å². The van der Waals surface area contributed by atoms with E-state index in [1.807, 2.05) is 0 Å². The highest BCUT2D eigenvalue weighted by atomic mass is 35.5. The van der Waals surface area contributed by atoms with Gasteiger partial charge >= 0.3 is 0 Å². The number of carbonyl (C=O) groups excluding carboxylic acids is 1. The highest BCUT2D eigenvalue weighted by Crippen LogP contribution is 2.15. The molecule has 70 valence electrons. The first-order chi connectivity index (χ1) is 6.19. The predicted octanol–water partition coefficient (Wildman–Crippen LogP) is 1.79. The molecule has 0 fully saturated rings. The summed E-state index contributed by atoms with van der Waals surface area (Å²) in [5.41, 5.74) is 6.54. The van der Waals surface area contributed by atoms with E-state index in [0.717, 1.165) is 0 Å². The number of nitrogens with two attached hydrogens (primary N) is 1. The van der Waals surface area contributed by atoms with E-state index in [9.17, 15) is 4.79 Å². The minimum absolute atomic E-state index is 0.0398. The maximum Gasteiger partial charge on any atom is 0.164 e. The zero-order chi connectivity index (χ0) is 9.84. The molecule has 2 N–H and O–H groups in total. The third kappa shape index (κ3) is 2.26. The van der Waals surface area contributed by atoms with Crippen LogP contribution >= 0.6 is 11.6 Å². The van der Waals surface area contributed by atoms with Crippen LogP contribution < -0.4 is 5.73 Å². The van der Waals surface area contributed by atoms with Crippen LogP contribution in [0.5, 0.6) is 0 Å². The Labute approximate surface area is 81.9 Å². The molecule has 1 aromatic rings. The van der Waals surface area contributed by atoms with Crippen molar-refractivity contribution in [3.63, 3.8) is 0 Å². The third-order valence-corrected chi connectivity index (χ3v) is 2.08. The average molecular weight is 199 g/mol.